The van der Waals surface area contributed by atoms with Gasteiger partial charge in [0.05, 0.1) is 36.4 Å². The first-order valence-corrected chi connectivity index (χ1v) is 7.69. The minimum absolute atomic E-state index is 0.124. The maximum atomic E-state index is 10.4. The Morgan fingerprint density at radius 2 is 2.20 bits per heavy atom. The Balaban J connectivity index is 1.80. The van der Waals surface area contributed by atoms with E-state index in [1.165, 1.54) is 7.11 Å². The van der Waals surface area contributed by atoms with E-state index in [1.54, 1.807) is 0 Å². The maximum Gasteiger partial charge on any atom is 0.100 e. The van der Waals surface area contributed by atoms with Gasteiger partial charge in [-0.1, -0.05) is 13.8 Å². The number of hydrogen-bond donors (Lipinski definition) is 1. The average Bonchev–Trinajstić information content (AvgIpc) is 3.30. The number of methoxy groups -OCH3 is 1. The summed E-state index contributed by atoms with van der Waals surface area (Å²) in [7, 11) is 1.53. The molecule has 2 saturated heterocycles. The van der Waals surface area contributed by atoms with E-state index < -0.39 is 24.2 Å². The van der Waals surface area contributed by atoms with Crippen LogP contribution in [0, 0.1) is 11.8 Å². The average molecular weight is 286 g/mol. The van der Waals surface area contributed by atoms with Crippen molar-refractivity contribution in [2.24, 2.45) is 11.8 Å². The molecule has 0 amide bonds. The quantitative estimate of drug-likeness (QED) is 0.787. The third kappa shape index (κ3) is 2.31. The molecule has 1 aliphatic carbocycles. The molecule has 0 aromatic heterocycles. The Hall–Kier alpha value is -0.160. The summed E-state index contributed by atoms with van der Waals surface area (Å²) in [5.41, 5.74) is -0.922. The van der Waals surface area contributed by atoms with Crippen LogP contribution in [0.3, 0.4) is 0 Å². The van der Waals surface area contributed by atoms with Gasteiger partial charge in [0.25, 0.3) is 0 Å². The largest absolute Gasteiger partial charge is 0.390 e. The predicted molar refractivity (Wildman–Crippen MR) is 75.6 cm³/mol. The van der Waals surface area contributed by atoms with Gasteiger partial charge in [0, 0.05) is 9.85 Å². The van der Waals surface area contributed by atoms with E-state index in [4.69, 9.17) is 17.0 Å². The van der Waals surface area contributed by atoms with Crippen LogP contribution in [0.4, 0.5) is 0 Å². The smallest absolute Gasteiger partial charge is 0.100 e. The molecule has 1 spiro atoms. The summed E-state index contributed by atoms with van der Waals surface area (Å²) in [4.78, 5) is 0. The number of hydrogen-bond acceptors (Lipinski definition) is 4. The lowest BCUT2D eigenvalue weighted by atomic mass is 9.68. The zero-order valence-corrected chi connectivity index (χ0v) is 12.9. The van der Waals surface area contributed by atoms with Gasteiger partial charge in [0.1, 0.15) is 5.60 Å². The summed E-state index contributed by atoms with van der Waals surface area (Å²) in [6.45, 7) is 6.98. The molecule has 20 heavy (non-hydrogen) atoms. The first kappa shape index (κ1) is 12.4. The normalized spacial score (nSPS) is 54.7. The van der Waals surface area contributed by atoms with Crippen molar-refractivity contribution >= 4 is 0 Å². The molecule has 116 valence electrons. The molecule has 0 aromatic rings. The molecule has 3 aliphatic rings. The van der Waals surface area contributed by atoms with E-state index >= 15 is 0 Å². The number of rotatable bonds is 5. The van der Waals surface area contributed by atoms with Crippen molar-refractivity contribution in [3.8, 4) is 0 Å². The molecule has 3 rings (SSSR count). The summed E-state index contributed by atoms with van der Waals surface area (Å²) in [6, 6.07) is 0. The Labute approximate surface area is 124 Å². The number of aliphatic hydroxyl groups is 1. The second-order valence-corrected chi connectivity index (χ2v) is 7.12. The molecule has 2 heterocycles. The van der Waals surface area contributed by atoms with Crippen LogP contribution in [0.15, 0.2) is 0 Å². The summed E-state index contributed by atoms with van der Waals surface area (Å²) < 4.78 is 33.4. The van der Waals surface area contributed by atoms with Gasteiger partial charge in [0.2, 0.25) is 0 Å². The van der Waals surface area contributed by atoms with Crippen LogP contribution in [0.2, 0.25) is 0 Å². The number of ether oxygens (including phenoxy) is 3. The first-order chi connectivity index (χ1) is 10.2. The van der Waals surface area contributed by atoms with Crippen LogP contribution < -0.4 is 0 Å². The van der Waals surface area contributed by atoms with Crippen molar-refractivity contribution in [3.63, 3.8) is 0 Å². The third-order valence-corrected chi connectivity index (χ3v) is 5.21. The lowest BCUT2D eigenvalue weighted by molar-refractivity contribution is -0.116. The summed E-state index contributed by atoms with van der Waals surface area (Å²) in [5, 5.41) is 10.4. The van der Waals surface area contributed by atoms with Crippen LogP contribution in [-0.4, -0.2) is 48.3 Å². The Kier molecular flexibility index (Phi) is 3.06. The molecule has 4 heteroatoms. The van der Waals surface area contributed by atoms with Gasteiger partial charge in [-0.25, -0.2) is 0 Å². The standard InChI is InChI=1S/C16H28O4/c1-10(2)5-6-12-15(3,20-12)14-13(18-4)11(17)7-8-16(14)9-19-16/h10-14,17H,5-9H2,1-4H3/t11-,12-,13-,14-,15+,16+/m1/s1/i7D2. The molecule has 0 bridgehead atoms. The van der Waals surface area contributed by atoms with Crippen LogP contribution in [0.5, 0.6) is 0 Å². The van der Waals surface area contributed by atoms with Crippen LogP contribution >= 0.6 is 0 Å². The van der Waals surface area contributed by atoms with Gasteiger partial charge < -0.3 is 19.3 Å². The van der Waals surface area contributed by atoms with Crippen LogP contribution in [0.1, 0.15) is 49.1 Å². The Morgan fingerprint density at radius 3 is 2.75 bits per heavy atom. The van der Waals surface area contributed by atoms with E-state index in [0.717, 1.165) is 12.8 Å². The molecule has 6 atom stereocenters. The molecule has 2 aliphatic heterocycles. The zero-order valence-electron chi connectivity index (χ0n) is 14.9. The van der Waals surface area contributed by atoms with E-state index in [0.29, 0.717) is 12.5 Å². The number of aliphatic hydroxyl groups excluding tert-OH is 1. The molecule has 4 nitrogen and oxygen atoms in total. The fourth-order valence-corrected chi connectivity index (χ4v) is 3.85. The first-order valence-electron chi connectivity index (χ1n) is 8.69. The topological polar surface area (TPSA) is 54.5 Å². The minimum atomic E-state index is -1.69. The molecule has 0 radical (unpaired) electrons. The predicted octanol–water partition coefficient (Wildman–Crippen LogP) is 2.14. The van der Waals surface area contributed by atoms with Crippen molar-refractivity contribution < 1.29 is 22.1 Å². The van der Waals surface area contributed by atoms with Gasteiger partial charge in [-0.3, -0.25) is 0 Å². The van der Waals surface area contributed by atoms with E-state index in [-0.39, 0.29) is 24.0 Å². The molecule has 0 unspecified atom stereocenters. The molecule has 3 fully saturated rings. The molecular formula is C16H28O4. The lowest BCUT2D eigenvalue weighted by Gasteiger charge is -2.41. The maximum absolute atomic E-state index is 10.4. The van der Waals surface area contributed by atoms with E-state index in [1.807, 2.05) is 0 Å². The fraction of sp³-hybridized carbons (Fsp3) is 1.00. The highest BCUT2D eigenvalue weighted by molar-refractivity contribution is 5.19. The van der Waals surface area contributed by atoms with Gasteiger partial charge in [-0.2, -0.15) is 0 Å². The highest BCUT2D eigenvalue weighted by Gasteiger charge is 2.71. The zero-order chi connectivity index (χ0) is 16.3. The van der Waals surface area contributed by atoms with Crippen molar-refractivity contribution in [1.82, 2.24) is 0 Å². The summed E-state index contributed by atoms with van der Waals surface area (Å²) in [6.07, 6.45) is -0.991. The monoisotopic (exact) mass is 286 g/mol. The van der Waals surface area contributed by atoms with Crippen molar-refractivity contribution in [2.45, 2.75) is 75.9 Å². The third-order valence-electron chi connectivity index (χ3n) is 5.21. The number of epoxide rings is 2. The van der Waals surface area contributed by atoms with Crippen molar-refractivity contribution in [3.05, 3.63) is 0 Å². The van der Waals surface area contributed by atoms with Crippen LogP contribution in [-0.2, 0) is 14.2 Å². The van der Waals surface area contributed by atoms with E-state index in [2.05, 4.69) is 20.8 Å². The molecule has 1 saturated carbocycles. The van der Waals surface area contributed by atoms with Crippen LogP contribution in [0.25, 0.3) is 0 Å². The van der Waals surface area contributed by atoms with Crippen molar-refractivity contribution in [2.75, 3.05) is 13.7 Å². The SMILES string of the molecule is [2H]C1([2H])C[C@]2(CO2)[C@@H]([C@@]2(C)O[C@@H]2CCC(C)C)[C@H](OC)[C@@H]1O. The second-order valence-electron chi connectivity index (χ2n) is 7.12. The second kappa shape index (κ2) is 4.94. The Bertz CT molecular complexity index is 438. The highest BCUT2D eigenvalue weighted by Crippen LogP contribution is 2.59. The lowest BCUT2D eigenvalue weighted by Crippen LogP contribution is -2.54. The summed E-state index contributed by atoms with van der Waals surface area (Å²) in [5.74, 6) is 0.505. The summed E-state index contributed by atoms with van der Waals surface area (Å²) >= 11 is 0. The molecular weight excluding hydrogens is 256 g/mol. The minimum Gasteiger partial charge on any atom is -0.390 e. The van der Waals surface area contributed by atoms with Gasteiger partial charge >= 0.3 is 0 Å². The highest BCUT2D eigenvalue weighted by atomic mass is 16.6. The molecule has 0 aromatic carbocycles. The van der Waals surface area contributed by atoms with Gasteiger partial charge in [0.15, 0.2) is 0 Å². The van der Waals surface area contributed by atoms with E-state index in [9.17, 15) is 5.11 Å². The van der Waals surface area contributed by atoms with Gasteiger partial charge in [-0.15, -0.1) is 0 Å². The molecule has 1 N–H and O–H groups in total. The van der Waals surface area contributed by atoms with Crippen molar-refractivity contribution in [1.29, 1.82) is 0 Å². The van der Waals surface area contributed by atoms with Gasteiger partial charge in [-0.05, 0) is 38.5 Å². The fourth-order valence-electron chi connectivity index (χ4n) is 3.85. The Morgan fingerprint density at radius 1 is 1.50 bits per heavy atom.